The first kappa shape index (κ1) is 15.3. The fraction of sp³-hybridized carbons (Fsp3) is 0.867. The maximum Gasteiger partial charge on any atom is 0.325 e. The lowest BCUT2D eigenvalue weighted by atomic mass is 10.0. The highest BCUT2D eigenvalue weighted by molar-refractivity contribution is 6.06. The van der Waals surface area contributed by atoms with Crippen molar-refractivity contribution < 1.29 is 9.59 Å². The van der Waals surface area contributed by atoms with Crippen molar-refractivity contribution in [3.8, 4) is 0 Å². The number of amides is 3. The molecule has 1 N–H and O–H groups in total. The Hall–Kier alpha value is -1.10. The predicted molar refractivity (Wildman–Crippen MR) is 78.4 cm³/mol. The maximum absolute atomic E-state index is 12.1. The van der Waals surface area contributed by atoms with Gasteiger partial charge in [-0.2, -0.15) is 0 Å². The van der Waals surface area contributed by atoms with Crippen LogP contribution in [-0.4, -0.2) is 53.0 Å². The van der Waals surface area contributed by atoms with E-state index in [2.05, 4.69) is 24.1 Å². The smallest absolute Gasteiger partial charge is 0.324 e. The van der Waals surface area contributed by atoms with Crippen LogP contribution >= 0.6 is 0 Å². The van der Waals surface area contributed by atoms with Crippen LogP contribution in [0.3, 0.4) is 0 Å². The summed E-state index contributed by atoms with van der Waals surface area (Å²) in [5.74, 6) is 0.567. The molecule has 1 atom stereocenters. The van der Waals surface area contributed by atoms with Crippen molar-refractivity contribution in [2.75, 3.05) is 19.6 Å². The van der Waals surface area contributed by atoms with Crippen LogP contribution < -0.4 is 5.32 Å². The van der Waals surface area contributed by atoms with E-state index in [0.29, 0.717) is 18.5 Å². The molecule has 2 aliphatic rings. The van der Waals surface area contributed by atoms with Gasteiger partial charge in [0.05, 0.1) is 0 Å². The van der Waals surface area contributed by atoms with Crippen LogP contribution in [0.4, 0.5) is 4.79 Å². The SMILES string of the molecule is CC(C)C1CCCN1CCCN1C(=O)NC(C)(C)C1=O. The number of urea groups is 1. The Morgan fingerprint density at radius 1 is 1.30 bits per heavy atom. The first-order valence-corrected chi connectivity index (χ1v) is 7.71. The third-order valence-electron chi connectivity index (χ3n) is 4.46. The van der Waals surface area contributed by atoms with E-state index in [1.54, 1.807) is 13.8 Å². The van der Waals surface area contributed by atoms with Gasteiger partial charge in [0, 0.05) is 19.1 Å². The Balaban J connectivity index is 1.82. The van der Waals surface area contributed by atoms with Crippen LogP contribution in [0.2, 0.25) is 0 Å². The van der Waals surface area contributed by atoms with Crippen molar-refractivity contribution in [2.45, 2.75) is 58.5 Å². The molecule has 2 fully saturated rings. The molecule has 2 rings (SSSR count). The van der Waals surface area contributed by atoms with Crippen molar-refractivity contribution in [1.82, 2.24) is 15.1 Å². The highest BCUT2D eigenvalue weighted by Crippen LogP contribution is 2.24. The third-order valence-corrected chi connectivity index (χ3v) is 4.46. The molecular weight excluding hydrogens is 254 g/mol. The van der Waals surface area contributed by atoms with Crippen LogP contribution in [-0.2, 0) is 4.79 Å². The number of hydrogen-bond acceptors (Lipinski definition) is 3. The summed E-state index contributed by atoms with van der Waals surface area (Å²) < 4.78 is 0. The molecule has 114 valence electrons. The van der Waals surface area contributed by atoms with E-state index in [-0.39, 0.29) is 11.9 Å². The molecule has 0 aromatic heterocycles. The molecule has 0 spiro atoms. The van der Waals surface area contributed by atoms with E-state index in [1.165, 1.54) is 17.7 Å². The number of rotatable bonds is 5. The van der Waals surface area contributed by atoms with Gasteiger partial charge in [-0.25, -0.2) is 4.79 Å². The molecule has 3 amide bonds. The first-order chi connectivity index (χ1) is 9.33. The zero-order chi connectivity index (χ0) is 14.9. The Bertz CT molecular complexity index is 393. The standard InChI is InChI=1S/C15H27N3O2/c1-11(2)12-7-5-8-17(12)9-6-10-18-13(19)15(3,4)16-14(18)20/h11-12H,5-10H2,1-4H3,(H,16,20). The minimum atomic E-state index is -0.745. The molecule has 5 heteroatoms. The number of carbonyl (C=O) groups is 2. The molecule has 2 saturated heterocycles. The normalized spacial score (nSPS) is 26.6. The average Bonchev–Trinajstić information content (AvgIpc) is 2.87. The van der Waals surface area contributed by atoms with Gasteiger partial charge in [-0.05, 0) is 45.6 Å². The van der Waals surface area contributed by atoms with E-state index in [4.69, 9.17) is 0 Å². The van der Waals surface area contributed by atoms with Crippen LogP contribution in [0.15, 0.2) is 0 Å². The van der Waals surface area contributed by atoms with E-state index in [1.807, 2.05) is 0 Å². The summed E-state index contributed by atoms with van der Waals surface area (Å²) in [7, 11) is 0. The minimum Gasteiger partial charge on any atom is -0.324 e. The van der Waals surface area contributed by atoms with Crippen molar-refractivity contribution in [3.63, 3.8) is 0 Å². The summed E-state index contributed by atoms with van der Waals surface area (Å²) in [6.07, 6.45) is 3.39. The number of imide groups is 1. The zero-order valence-corrected chi connectivity index (χ0v) is 13.1. The number of nitrogens with zero attached hydrogens (tertiary/aromatic N) is 2. The van der Waals surface area contributed by atoms with Gasteiger partial charge in [0.2, 0.25) is 0 Å². The van der Waals surface area contributed by atoms with Gasteiger partial charge in [-0.3, -0.25) is 9.69 Å². The lowest BCUT2D eigenvalue weighted by molar-refractivity contribution is -0.130. The van der Waals surface area contributed by atoms with E-state index in [9.17, 15) is 9.59 Å². The number of carbonyl (C=O) groups excluding carboxylic acids is 2. The summed E-state index contributed by atoms with van der Waals surface area (Å²) in [6, 6.07) is 0.413. The molecule has 0 aromatic carbocycles. The first-order valence-electron chi connectivity index (χ1n) is 7.71. The summed E-state index contributed by atoms with van der Waals surface area (Å²) in [5.41, 5.74) is -0.745. The van der Waals surface area contributed by atoms with Gasteiger partial charge in [0.15, 0.2) is 0 Å². The number of nitrogens with one attached hydrogen (secondary N) is 1. The molecule has 0 radical (unpaired) electrons. The lowest BCUT2D eigenvalue weighted by Crippen LogP contribution is -2.41. The molecule has 0 bridgehead atoms. The molecular formula is C15H27N3O2. The van der Waals surface area contributed by atoms with Crippen LogP contribution in [0.5, 0.6) is 0 Å². The van der Waals surface area contributed by atoms with Gasteiger partial charge >= 0.3 is 6.03 Å². The third kappa shape index (κ3) is 2.97. The summed E-state index contributed by atoms with van der Waals surface area (Å²) in [6.45, 7) is 10.7. The molecule has 0 aliphatic carbocycles. The topological polar surface area (TPSA) is 52.6 Å². The fourth-order valence-corrected chi connectivity index (χ4v) is 3.34. The maximum atomic E-state index is 12.1. The molecule has 2 heterocycles. The van der Waals surface area contributed by atoms with Crippen molar-refractivity contribution >= 4 is 11.9 Å². The average molecular weight is 281 g/mol. The molecule has 0 aromatic rings. The summed E-state index contributed by atoms with van der Waals surface area (Å²) in [4.78, 5) is 27.7. The zero-order valence-electron chi connectivity index (χ0n) is 13.1. The molecule has 1 unspecified atom stereocenters. The van der Waals surface area contributed by atoms with Gasteiger partial charge in [0.25, 0.3) is 5.91 Å². The molecule has 5 nitrogen and oxygen atoms in total. The van der Waals surface area contributed by atoms with Crippen molar-refractivity contribution in [3.05, 3.63) is 0 Å². The Morgan fingerprint density at radius 2 is 2.00 bits per heavy atom. The van der Waals surface area contributed by atoms with Gasteiger partial charge in [-0.1, -0.05) is 13.8 Å². The van der Waals surface area contributed by atoms with Crippen LogP contribution in [0.25, 0.3) is 0 Å². The van der Waals surface area contributed by atoms with Gasteiger partial charge in [0.1, 0.15) is 5.54 Å². The summed E-state index contributed by atoms with van der Waals surface area (Å²) >= 11 is 0. The van der Waals surface area contributed by atoms with Gasteiger partial charge in [-0.15, -0.1) is 0 Å². The largest absolute Gasteiger partial charge is 0.325 e. The highest BCUT2D eigenvalue weighted by atomic mass is 16.2. The van der Waals surface area contributed by atoms with Crippen LogP contribution in [0, 0.1) is 5.92 Å². The van der Waals surface area contributed by atoms with Crippen molar-refractivity contribution in [2.24, 2.45) is 5.92 Å². The van der Waals surface area contributed by atoms with Gasteiger partial charge < -0.3 is 10.2 Å². The van der Waals surface area contributed by atoms with E-state index < -0.39 is 5.54 Å². The minimum absolute atomic E-state index is 0.107. The second-order valence-electron chi connectivity index (χ2n) is 6.86. The lowest BCUT2D eigenvalue weighted by Gasteiger charge is -2.28. The fourth-order valence-electron chi connectivity index (χ4n) is 3.34. The predicted octanol–water partition coefficient (Wildman–Crippen LogP) is 1.83. The number of hydrogen-bond donors (Lipinski definition) is 1. The number of likely N-dealkylation sites (tertiary alicyclic amines) is 1. The Morgan fingerprint density at radius 3 is 2.55 bits per heavy atom. The summed E-state index contributed by atoms with van der Waals surface area (Å²) in [5, 5.41) is 2.72. The second-order valence-corrected chi connectivity index (χ2v) is 6.86. The molecule has 20 heavy (non-hydrogen) atoms. The van der Waals surface area contributed by atoms with E-state index in [0.717, 1.165) is 19.5 Å². The van der Waals surface area contributed by atoms with Crippen LogP contribution in [0.1, 0.15) is 47.0 Å². The highest BCUT2D eigenvalue weighted by Gasteiger charge is 2.43. The Kier molecular flexibility index (Phi) is 4.37. The second kappa shape index (κ2) is 5.72. The van der Waals surface area contributed by atoms with E-state index >= 15 is 0 Å². The van der Waals surface area contributed by atoms with Crippen molar-refractivity contribution in [1.29, 1.82) is 0 Å². The molecule has 2 aliphatic heterocycles. The Labute approximate surface area is 121 Å². The quantitative estimate of drug-likeness (QED) is 0.782. The molecule has 0 saturated carbocycles. The monoisotopic (exact) mass is 281 g/mol.